The van der Waals surface area contributed by atoms with Gasteiger partial charge in [0.15, 0.2) is 18.9 Å². The first kappa shape index (κ1) is 84.9. The van der Waals surface area contributed by atoms with Crippen LogP contribution in [0.4, 0.5) is 0 Å². The van der Waals surface area contributed by atoms with Gasteiger partial charge in [0.1, 0.15) is 78.8 Å². The number of hydrogen-bond acceptors (Lipinski definition) is 29. The van der Waals surface area contributed by atoms with E-state index in [1.54, 1.807) is 0 Å². The van der Waals surface area contributed by atoms with Gasteiger partial charge in [-0.1, -0.05) is 13.8 Å². The first-order valence-electron chi connectivity index (χ1n) is 32.3. The molecule has 15 atom stereocenters. The molecule has 3 rings (SSSR count). The lowest BCUT2D eigenvalue weighted by molar-refractivity contribution is -0.270. The Hall–Kier alpha value is -5.37. The molecule has 564 valence electrons. The van der Waals surface area contributed by atoms with E-state index < -0.39 is 147 Å². The summed E-state index contributed by atoms with van der Waals surface area (Å²) in [5.41, 5.74) is -1.04. The van der Waals surface area contributed by atoms with Gasteiger partial charge in [-0.3, -0.25) is 43.2 Å². The summed E-state index contributed by atoms with van der Waals surface area (Å²) in [6, 6.07) is -3.62. The minimum Gasteiger partial charge on any atom is -0.394 e. The molecule has 0 bridgehead atoms. The van der Waals surface area contributed by atoms with Crippen LogP contribution < -0.4 is 53.2 Å². The lowest BCUT2D eigenvalue weighted by atomic mass is 9.97. The number of Topliss-reactive ketones (excluding diaryl/α,β-unsaturated/α-hetero) is 1. The van der Waals surface area contributed by atoms with Gasteiger partial charge in [-0.15, -0.1) is 0 Å². The summed E-state index contributed by atoms with van der Waals surface area (Å²) in [5, 5.41) is 118. The van der Waals surface area contributed by atoms with Crippen LogP contribution in [-0.2, 0) is 85.8 Å². The first-order valence-corrected chi connectivity index (χ1v) is 32.3. The van der Waals surface area contributed by atoms with E-state index in [4.69, 9.17) is 42.6 Å². The second-order valence-electron chi connectivity index (χ2n) is 23.7. The molecule has 0 saturated carbocycles. The maximum atomic E-state index is 12.8. The Kier molecular flexibility index (Phi) is 41.4. The molecular weight excluding hydrogens is 1280 g/mol. The van der Waals surface area contributed by atoms with Crippen LogP contribution in [-0.4, -0.2) is 328 Å². The zero-order valence-electron chi connectivity index (χ0n) is 55.4. The van der Waals surface area contributed by atoms with Crippen LogP contribution in [0.2, 0.25) is 0 Å². The van der Waals surface area contributed by atoms with Gasteiger partial charge >= 0.3 is 0 Å². The Morgan fingerprint density at radius 3 is 0.979 bits per heavy atom. The highest BCUT2D eigenvalue weighted by molar-refractivity contribution is 5.80. The number of hydrogen-bond donors (Lipinski definition) is 19. The Labute approximate surface area is 564 Å². The molecule has 0 aromatic carbocycles. The van der Waals surface area contributed by atoms with Crippen molar-refractivity contribution in [1.82, 2.24) is 53.2 Å². The van der Waals surface area contributed by atoms with Gasteiger partial charge in [0.2, 0.25) is 47.3 Å². The average molecular weight is 1400 g/mol. The molecule has 0 aromatic rings. The Morgan fingerprint density at radius 2 is 0.698 bits per heavy atom. The maximum absolute atomic E-state index is 12.8. The molecule has 3 fully saturated rings. The minimum atomic E-state index is -1.51. The fraction of sp³-hybridized carbons (Fsp3) is 0.847. The van der Waals surface area contributed by atoms with Crippen molar-refractivity contribution >= 4 is 53.0 Å². The number of aliphatic hydroxyl groups excluding tert-OH is 9. The molecule has 0 spiro atoms. The van der Waals surface area contributed by atoms with Crippen molar-refractivity contribution in [3.63, 3.8) is 0 Å². The van der Waals surface area contributed by atoms with Crippen molar-refractivity contribution in [3.8, 4) is 0 Å². The number of carbonyl (C=O) groups is 9. The number of ketones is 1. The van der Waals surface area contributed by atoms with Crippen molar-refractivity contribution in [3.05, 3.63) is 0 Å². The largest absolute Gasteiger partial charge is 0.394 e. The Morgan fingerprint density at radius 1 is 0.417 bits per heavy atom. The average Bonchev–Trinajstić information content (AvgIpc) is 0.832. The topological polar surface area (TPSA) is 539 Å². The van der Waals surface area contributed by atoms with Crippen molar-refractivity contribution in [2.75, 3.05) is 125 Å². The third-order valence-electron chi connectivity index (χ3n) is 15.0. The summed E-state index contributed by atoms with van der Waals surface area (Å²) >= 11 is 0. The van der Waals surface area contributed by atoms with Gasteiger partial charge < -0.3 is 142 Å². The predicted molar refractivity (Wildman–Crippen MR) is 342 cm³/mol. The molecule has 3 saturated heterocycles. The van der Waals surface area contributed by atoms with Crippen LogP contribution in [0.15, 0.2) is 0 Å². The lowest BCUT2D eigenvalue weighted by Gasteiger charge is -2.42. The highest BCUT2D eigenvalue weighted by atomic mass is 16.7. The minimum absolute atomic E-state index is 0. The van der Waals surface area contributed by atoms with Crippen molar-refractivity contribution < 1.29 is 139 Å². The maximum Gasteiger partial charge on any atom is 0.222 e. The van der Waals surface area contributed by atoms with Crippen LogP contribution >= 0.6 is 0 Å². The van der Waals surface area contributed by atoms with Gasteiger partial charge in [-0.2, -0.15) is 0 Å². The van der Waals surface area contributed by atoms with Crippen molar-refractivity contribution in [1.29, 1.82) is 0 Å². The van der Waals surface area contributed by atoms with Crippen LogP contribution in [0.3, 0.4) is 0 Å². The number of nitrogens with one attached hydrogen (secondary N) is 10. The van der Waals surface area contributed by atoms with Gasteiger partial charge in [0.05, 0.1) is 104 Å². The molecule has 8 amide bonds. The van der Waals surface area contributed by atoms with E-state index in [1.807, 2.05) is 13.8 Å². The van der Waals surface area contributed by atoms with Crippen LogP contribution in [0.25, 0.3) is 0 Å². The summed E-state index contributed by atoms with van der Waals surface area (Å²) in [6.45, 7) is 6.31. The molecule has 0 aliphatic carbocycles. The van der Waals surface area contributed by atoms with Gasteiger partial charge in [-0.05, 0) is 25.8 Å². The van der Waals surface area contributed by atoms with Gasteiger partial charge in [-0.25, -0.2) is 0 Å². The summed E-state index contributed by atoms with van der Waals surface area (Å²) < 4.78 is 51.4. The first-order chi connectivity index (χ1) is 45.7. The molecule has 0 aromatic heterocycles. The normalized spacial score (nSPS) is 26.4. The fourth-order valence-corrected chi connectivity index (χ4v) is 10.1. The summed E-state index contributed by atoms with van der Waals surface area (Å²) in [5.74, 6) is -3.57. The molecule has 3 aliphatic heterocycles. The van der Waals surface area contributed by atoms with E-state index in [0.717, 1.165) is 0 Å². The van der Waals surface area contributed by atoms with E-state index in [2.05, 4.69) is 53.2 Å². The van der Waals surface area contributed by atoms with E-state index in [9.17, 15) is 89.1 Å². The molecule has 3 heterocycles. The van der Waals surface area contributed by atoms with E-state index in [0.29, 0.717) is 25.8 Å². The Balaban J connectivity index is -0.0000192. The number of aliphatic hydroxyl groups is 9. The SMILES string of the molecule is CC(=O)N[C@H]1C(O)[C@@H](O)C(CO)O[C@H]1OCCC(=O)CNCCCNC(=O)CCOCC(COCCC(=O)NCCCNC(=O)CCO[C@@H]1OC(CO)[C@H](O)C(O)[C@@H]1NC(C)=O)(COCCC(=O)NCCCNC(=O)CCO[C@@H]1OC(CO)[C@H](O)C(O)[C@@H]1NC(C)=O)NC(C)C.[HH].[HH].[HH].[HH].[HH]. The van der Waals surface area contributed by atoms with E-state index >= 15 is 0 Å². The standard InChI is InChI=1S/C59H106N10O27.5H2/c1-34(2)69-59(32-89-22-11-43(78)62-17-7-19-64-45(80)13-25-92-57-48(67-36(4)74)54(86)51(83)40(29-71)95-57,33-90-23-12-44(79)63-18-8-20-65-46(81)14-26-93-58-49(68-37(5)75)55(87)52(84)41(30-72)96-58)31-88-21-10-42(77)61-16-6-15-60-27-38(76)9-24-91-56-47(66-35(3)73)53(85)50(82)39(28-70)94-56;;;;;/h34,39-41,47-58,60,69-72,82-87H,6-33H2,1-5H3,(H,61,77)(H,62,78)(H,63,79)(H,64,80)(H,65,81)(H,66,73)(H,67,74)(H,68,75);5*1H/t39?,40?,41?,47-,48-,49-,50-,51-,52-,53?,54?,55?,56+,57+,58+,59?;;;;;/m0...../s1. The van der Waals surface area contributed by atoms with Crippen molar-refractivity contribution in [2.24, 2.45) is 0 Å². The van der Waals surface area contributed by atoms with Crippen LogP contribution in [0.5, 0.6) is 0 Å². The third-order valence-corrected chi connectivity index (χ3v) is 15.0. The number of rotatable bonds is 49. The van der Waals surface area contributed by atoms with Crippen molar-refractivity contribution in [2.45, 2.75) is 196 Å². The zero-order valence-corrected chi connectivity index (χ0v) is 55.4. The molecule has 96 heavy (non-hydrogen) atoms. The highest BCUT2D eigenvalue weighted by Crippen LogP contribution is 2.25. The smallest absolute Gasteiger partial charge is 0.222 e. The Bertz CT molecular complexity index is 2270. The molecular formula is C59H116N10O27. The summed E-state index contributed by atoms with van der Waals surface area (Å²) in [4.78, 5) is 111. The quantitative estimate of drug-likeness (QED) is 0.0252. The molecule has 37 nitrogen and oxygen atoms in total. The van der Waals surface area contributed by atoms with Gasteiger partial charge in [0.25, 0.3) is 0 Å². The molecule has 37 heteroatoms. The number of carbonyl (C=O) groups excluding carboxylic acids is 9. The zero-order chi connectivity index (χ0) is 71.2. The molecule has 3 aliphatic rings. The number of ether oxygens (including phenoxy) is 9. The monoisotopic (exact) mass is 1400 g/mol. The molecule has 19 N–H and O–H groups in total. The van der Waals surface area contributed by atoms with Crippen LogP contribution in [0.1, 0.15) is 99.5 Å². The number of amides is 8. The highest BCUT2D eigenvalue weighted by Gasteiger charge is 2.48. The van der Waals surface area contributed by atoms with Crippen LogP contribution in [0, 0.1) is 0 Å². The fourth-order valence-electron chi connectivity index (χ4n) is 10.1. The third kappa shape index (κ3) is 32.5. The second-order valence-corrected chi connectivity index (χ2v) is 23.7. The predicted octanol–water partition coefficient (Wildman–Crippen LogP) is -7.87. The van der Waals surface area contributed by atoms with Gasteiger partial charge in [0, 0.05) is 92.4 Å². The van der Waals surface area contributed by atoms with E-state index in [-0.39, 0.29) is 174 Å². The lowest BCUT2D eigenvalue weighted by Crippen LogP contribution is -2.64. The van der Waals surface area contributed by atoms with E-state index in [1.165, 1.54) is 20.8 Å². The summed E-state index contributed by atoms with van der Waals surface area (Å²) in [7, 11) is 0. The molecule has 6 unspecified atom stereocenters. The summed E-state index contributed by atoms with van der Waals surface area (Å²) in [6.07, 6.45) is -15.4. The molecule has 0 radical (unpaired) electrons. The second kappa shape index (κ2) is 46.8.